The maximum Gasteiger partial charge on any atom is 0.275 e. The van der Waals surface area contributed by atoms with Gasteiger partial charge in [0.05, 0.1) is 17.5 Å². The third-order valence-electron chi connectivity index (χ3n) is 2.02. The normalized spacial score (nSPS) is 10.1. The van der Waals surface area contributed by atoms with Crippen molar-refractivity contribution >= 4 is 17.3 Å². The molecule has 0 unspecified atom stereocenters. The molecule has 84 valence electrons. The summed E-state index contributed by atoms with van der Waals surface area (Å²) in [5.74, 6) is 0. The monoisotopic (exact) mass is 239 g/mol. The largest absolute Gasteiger partial charge is 0.289 e. The number of halogens is 1. The van der Waals surface area contributed by atoms with E-state index < -0.39 is 4.92 Å². The van der Waals surface area contributed by atoms with Gasteiger partial charge in [0.2, 0.25) is 0 Å². The summed E-state index contributed by atoms with van der Waals surface area (Å²) in [4.78, 5) is 12.0. The Morgan fingerprint density at radius 1 is 1.62 bits per heavy atom. The first-order chi connectivity index (χ1) is 7.54. The average Bonchev–Trinajstić information content (AvgIpc) is 2.20. The number of benzene rings is 1. The zero-order valence-corrected chi connectivity index (χ0v) is 9.44. The molecule has 0 heterocycles. The minimum absolute atomic E-state index is 0.0164. The van der Waals surface area contributed by atoms with Gasteiger partial charge in [-0.05, 0) is 19.2 Å². The fraction of sp³-hybridized carbons (Fsp3) is 0.300. The van der Waals surface area contributed by atoms with Crippen molar-refractivity contribution in [2.75, 3.05) is 13.6 Å². The van der Waals surface area contributed by atoms with Crippen molar-refractivity contribution in [3.63, 3.8) is 0 Å². The SMILES string of the molecule is CN(CC#N)Cc1ccc(Cl)cc1[N+](=O)[O-]. The molecule has 16 heavy (non-hydrogen) atoms. The van der Waals surface area contributed by atoms with E-state index in [1.807, 2.05) is 6.07 Å². The van der Waals surface area contributed by atoms with Gasteiger partial charge in [0, 0.05) is 23.2 Å². The Kier molecular flexibility index (Phi) is 4.23. The van der Waals surface area contributed by atoms with Crippen LogP contribution in [0.1, 0.15) is 5.56 Å². The lowest BCUT2D eigenvalue weighted by Crippen LogP contribution is -2.18. The number of hydrogen-bond donors (Lipinski definition) is 0. The van der Waals surface area contributed by atoms with Gasteiger partial charge in [0.15, 0.2) is 0 Å². The quantitative estimate of drug-likeness (QED) is 0.459. The van der Waals surface area contributed by atoms with E-state index in [2.05, 4.69) is 0 Å². The molecule has 0 saturated carbocycles. The van der Waals surface area contributed by atoms with Crippen molar-refractivity contribution in [1.29, 1.82) is 5.26 Å². The van der Waals surface area contributed by atoms with Gasteiger partial charge in [-0.2, -0.15) is 5.26 Å². The molecule has 0 N–H and O–H groups in total. The highest BCUT2D eigenvalue weighted by Gasteiger charge is 2.15. The van der Waals surface area contributed by atoms with Gasteiger partial charge in [0.25, 0.3) is 5.69 Å². The van der Waals surface area contributed by atoms with Crippen LogP contribution in [0, 0.1) is 21.4 Å². The summed E-state index contributed by atoms with van der Waals surface area (Å²) in [6.45, 7) is 0.570. The number of nitrogens with zero attached hydrogens (tertiary/aromatic N) is 3. The van der Waals surface area contributed by atoms with Gasteiger partial charge < -0.3 is 0 Å². The van der Waals surface area contributed by atoms with Crippen LogP contribution < -0.4 is 0 Å². The van der Waals surface area contributed by atoms with Crippen molar-refractivity contribution in [2.24, 2.45) is 0 Å². The lowest BCUT2D eigenvalue weighted by Gasteiger charge is -2.12. The van der Waals surface area contributed by atoms with Crippen LogP contribution >= 0.6 is 11.6 Å². The Morgan fingerprint density at radius 2 is 2.31 bits per heavy atom. The Hall–Kier alpha value is -1.64. The van der Waals surface area contributed by atoms with Gasteiger partial charge in [-0.1, -0.05) is 11.6 Å². The molecule has 0 spiro atoms. The molecule has 0 aliphatic carbocycles. The Bertz CT molecular complexity index is 442. The van der Waals surface area contributed by atoms with Gasteiger partial charge >= 0.3 is 0 Å². The van der Waals surface area contributed by atoms with E-state index in [4.69, 9.17) is 16.9 Å². The van der Waals surface area contributed by atoms with Gasteiger partial charge in [-0.25, -0.2) is 0 Å². The topological polar surface area (TPSA) is 70.2 Å². The van der Waals surface area contributed by atoms with Gasteiger partial charge in [0.1, 0.15) is 0 Å². The average molecular weight is 240 g/mol. The molecule has 1 aromatic carbocycles. The number of rotatable bonds is 4. The van der Waals surface area contributed by atoms with Crippen LogP contribution in [0.15, 0.2) is 18.2 Å². The summed E-state index contributed by atoms with van der Waals surface area (Å²) < 4.78 is 0. The number of nitro benzene ring substituents is 1. The molecule has 0 bridgehead atoms. The minimum atomic E-state index is -0.471. The first-order valence-corrected chi connectivity index (χ1v) is 4.90. The second kappa shape index (κ2) is 5.45. The minimum Gasteiger partial charge on any atom is -0.289 e. The second-order valence-corrected chi connectivity index (χ2v) is 3.80. The summed E-state index contributed by atoms with van der Waals surface area (Å²) in [6, 6.07) is 6.50. The molecule has 0 amide bonds. The van der Waals surface area contributed by atoms with Gasteiger partial charge in [-0.15, -0.1) is 0 Å². The van der Waals surface area contributed by atoms with Crippen LogP contribution in [0.3, 0.4) is 0 Å². The molecule has 0 aliphatic rings. The highest BCUT2D eigenvalue weighted by molar-refractivity contribution is 6.30. The maximum absolute atomic E-state index is 10.8. The predicted octanol–water partition coefficient (Wildman–Crippen LogP) is 2.20. The summed E-state index contributed by atoms with van der Waals surface area (Å²) in [7, 11) is 1.72. The molecule has 0 atom stereocenters. The third-order valence-corrected chi connectivity index (χ3v) is 2.26. The van der Waals surface area contributed by atoms with Crippen molar-refractivity contribution in [2.45, 2.75) is 6.54 Å². The fourth-order valence-electron chi connectivity index (χ4n) is 1.31. The number of nitriles is 1. The molecule has 0 radical (unpaired) electrons. The van der Waals surface area contributed by atoms with E-state index in [0.717, 1.165) is 0 Å². The summed E-state index contributed by atoms with van der Waals surface area (Å²) in [6.07, 6.45) is 0. The predicted molar refractivity (Wildman–Crippen MR) is 60.1 cm³/mol. The van der Waals surface area contributed by atoms with Crippen LogP contribution in [0.5, 0.6) is 0 Å². The highest BCUT2D eigenvalue weighted by Crippen LogP contribution is 2.23. The molecular formula is C10H10ClN3O2. The van der Waals surface area contributed by atoms with E-state index in [0.29, 0.717) is 17.1 Å². The molecule has 1 rings (SSSR count). The van der Waals surface area contributed by atoms with E-state index in [-0.39, 0.29) is 12.2 Å². The first kappa shape index (κ1) is 12.4. The van der Waals surface area contributed by atoms with Crippen molar-refractivity contribution in [3.8, 4) is 6.07 Å². The molecule has 5 nitrogen and oxygen atoms in total. The molecule has 6 heteroatoms. The van der Waals surface area contributed by atoms with E-state index in [1.165, 1.54) is 6.07 Å². The van der Waals surface area contributed by atoms with Crippen molar-refractivity contribution in [3.05, 3.63) is 38.9 Å². The Morgan fingerprint density at radius 3 is 2.88 bits per heavy atom. The van der Waals surface area contributed by atoms with E-state index in [9.17, 15) is 10.1 Å². The summed E-state index contributed by atoms with van der Waals surface area (Å²) in [5, 5.41) is 19.6. The zero-order chi connectivity index (χ0) is 12.1. The zero-order valence-electron chi connectivity index (χ0n) is 8.68. The summed E-state index contributed by atoms with van der Waals surface area (Å²) in [5.41, 5.74) is 0.532. The van der Waals surface area contributed by atoms with Crippen LogP contribution in [-0.2, 0) is 6.54 Å². The molecule has 0 aliphatic heterocycles. The van der Waals surface area contributed by atoms with Crippen LogP contribution in [0.4, 0.5) is 5.69 Å². The molecule has 0 fully saturated rings. The lowest BCUT2D eigenvalue weighted by atomic mass is 10.1. The number of nitro groups is 1. The van der Waals surface area contributed by atoms with Gasteiger partial charge in [-0.3, -0.25) is 15.0 Å². The lowest BCUT2D eigenvalue weighted by molar-refractivity contribution is -0.385. The van der Waals surface area contributed by atoms with E-state index >= 15 is 0 Å². The maximum atomic E-state index is 10.8. The summed E-state index contributed by atoms with van der Waals surface area (Å²) >= 11 is 5.69. The number of hydrogen-bond acceptors (Lipinski definition) is 4. The first-order valence-electron chi connectivity index (χ1n) is 4.53. The second-order valence-electron chi connectivity index (χ2n) is 3.36. The van der Waals surface area contributed by atoms with Crippen molar-refractivity contribution in [1.82, 2.24) is 4.90 Å². The highest BCUT2D eigenvalue weighted by atomic mass is 35.5. The fourth-order valence-corrected chi connectivity index (χ4v) is 1.47. The molecule has 1 aromatic rings. The van der Waals surface area contributed by atoms with Crippen LogP contribution in [0.2, 0.25) is 5.02 Å². The Balaban J connectivity index is 2.96. The van der Waals surface area contributed by atoms with Crippen LogP contribution in [-0.4, -0.2) is 23.4 Å². The van der Waals surface area contributed by atoms with E-state index in [1.54, 1.807) is 24.1 Å². The standard InChI is InChI=1S/C10H10ClN3O2/c1-13(5-4-12)7-8-2-3-9(11)6-10(8)14(15)16/h2-3,6H,5,7H2,1H3. The molecule has 0 aromatic heterocycles. The third kappa shape index (κ3) is 3.19. The molecule has 0 saturated heterocycles. The van der Waals surface area contributed by atoms with Crippen LogP contribution in [0.25, 0.3) is 0 Å². The Labute approximate surface area is 98.0 Å². The molecular weight excluding hydrogens is 230 g/mol. The smallest absolute Gasteiger partial charge is 0.275 e. The van der Waals surface area contributed by atoms with Crippen molar-refractivity contribution < 1.29 is 4.92 Å².